The average molecular weight is 278 g/mol. The molecule has 0 unspecified atom stereocenters. The summed E-state index contributed by atoms with van der Waals surface area (Å²) in [6, 6.07) is 18.8. The molecule has 1 N–H and O–H groups in total. The molecule has 0 radical (unpaired) electrons. The molecule has 3 nitrogen and oxygen atoms in total. The fourth-order valence-electron chi connectivity index (χ4n) is 2.60. The van der Waals surface area contributed by atoms with Gasteiger partial charge in [-0.15, -0.1) is 0 Å². The third kappa shape index (κ3) is 2.23. The zero-order valence-corrected chi connectivity index (χ0v) is 11.5. The van der Waals surface area contributed by atoms with Gasteiger partial charge in [0.15, 0.2) is 0 Å². The second kappa shape index (κ2) is 5.29. The predicted octanol–water partition coefficient (Wildman–Crippen LogP) is 4.21. The molecule has 0 aliphatic carbocycles. The van der Waals surface area contributed by atoms with Crippen molar-refractivity contribution in [3.05, 3.63) is 66.2 Å². The summed E-state index contributed by atoms with van der Waals surface area (Å²) in [7, 11) is 1.56. The fourth-order valence-corrected chi connectivity index (χ4v) is 2.60. The zero-order chi connectivity index (χ0) is 14.8. The summed E-state index contributed by atoms with van der Waals surface area (Å²) >= 11 is 0. The predicted molar refractivity (Wildman–Crippen MR) is 82.9 cm³/mol. The van der Waals surface area contributed by atoms with Gasteiger partial charge in [-0.3, -0.25) is 0 Å². The Morgan fingerprint density at radius 1 is 1.00 bits per heavy atom. The number of benzene rings is 3. The molecule has 3 aromatic rings. The van der Waals surface area contributed by atoms with Crippen molar-refractivity contribution >= 4 is 16.7 Å². The Labute approximate surface area is 122 Å². The van der Waals surface area contributed by atoms with Crippen LogP contribution in [0.15, 0.2) is 60.7 Å². The molecule has 0 bridgehead atoms. The lowest BCUT2D eigenvalue weighted by atomic mass is 9.93. The maximum atomic E-state index is 11.8. The van der Waals surface area contributed by atoms with Gasteiger partial charge in [-0.05, 0) is 22.4 Å². The highest BCUT2D eigenvalue weighted by atomic mass is 16.5. The molecular formula is C18H14O3. The minimum absolute atomic E-state index is 0.274. The number of hydrogen-bond donors (Lipinski definition) is 1. The minimum Gasteiger partial charge on any atom is -0.496 e. The third-order valence-electron chi connectivity index (χ3n) is 3.51. The Morgan fingerprint density at radius 2 is 1.67 bits per heavy atom. The minimum atomic E-state index is -0.955. The fraction of sp³-hybridized carbons (Fsp3) is 0.0556. The van der Waals surface area contributed by atoms with E-state index in [2.05, 4.69) is 0 Å². The highest BCUT2D eigenvalue weighted by Crippen LogP contribution is 2.38. The van der Waals surface area contributed by atoms with E-state index in [9.17, 15) is 9.90 Å². The molecule has 0 atom stereocenters. The van der Waals surface area contributed by atoms with Gasteiger partial charge in [-0.25, -0.2) is 4.79 Å². The molecule has 0 saturated heterocycles. The number of ether oxygens (including phenoxy) is 1. The molecule has 21 heavy (non-hydrogen) atoms. The summed E-state index contributed by atoms with van der Waals surface area (Å²) in [5, 5.41) is 11.3. The zero-order valence-electron chi connectivity index (χ0n) is 11.5. The van der Waals surface area contributed by atoms with Crippen molar-refractivity contribution in [1.82, 2.24) is 0 Å². The molecule has 0 heterocycles. The lowest BCUT2D eigenvalue weighted by Gasteiger charge is -2.15. The van der Waals surface area contributed by atoms with E-state index in [0.29, 0.717) is 16.7 Å². The van der Waals surface area contributed by atoms with Crippen molar-refractivity contribution < 1.29 is 14.6 Å². The van der Waals surface area contributed by atoms with Crippen molar-refractivity contribution in [3.8, 4) is 16.9 Å². The average Bonchev–Trinajstić information content (AvgIpc) is 2.53. The van der Waals surface area contributed by atoms with E-state index in [4.69, 9.17) is 4.74 Å². The summed E-state index contributed by atoms with van der Waals surface area (Å²) in [6.45, 7) is 0. The summed E-state index contributed by atoms with van der Waals surface area (Å²) < 4.78 is 5.44. The second-order valence-corrected chi connectivity index (χ2v) is 4.72. The summed E-state index contributed by atoms with van der Waals surface area (Å²) in [6.07, 6.45) is 0. The van der Waals surface area contributed by atoms with E-state index in [1.165, 1.54) is 0 Å². The molecule has 3 rings (SSSR count). The molecule has 0 fully saturated rings. The number of hydrogen-bond acceptors (Lipinski definition) is 2. The van der Waals surface area contributed by atoms with Crippen LogP contribution in [0.4, 0.5) is 0 Å². The maximum absolute atomic E-state index is 11.8. The second-order valence-electron chi connectivity index (χ2n) is 4.72. The Morgan fingerprint density at radius 3 is 2.33 bits per heavy atom. The highest BCUT2D eigenvalue weighted by molar-refractivity contribution is 6.11. The van der Waals surface area contributed by atoms with Crippen molar-refractivity contribution in [3.63, 3.8) is 0 Å². The van der Waals surface area contributed by atoms with Crippen LogP contribution in [0.3, 0.4) is 0 Å². The standard InChI is InChI=1S/C18H14O3/c1-21-15-11-13-9-5-6-10-14(13)17(18(19)20)16(15)12-7-3-2-4-8-12/h2-11H,1H3,(H,19,20). The third-order valence-corrected chi connectivity index (χ3v) is 3.51. The molecule has 3 aromatic carbocycles. The number of carboxylic acids is 1. The van der Waals surface area contributed by atoms with Crippen LogP contribution < -0.4 is 4.74 Å². The molecule has 0 amide bonds. The van der Waals surface area contributed by atoms with Crippen molar-refractivity contribution in [2.45, 2.75) is 0 Å². The molecule has 3 heteroatoms. The molecule has 0 saturated carbocycles. The quantitative estimate of drug-likeness (QED) is 0.780. The molecule has 0 aromatic heterocycles. The first-order chi connectivity index (χ1) is 10.2. The number of methoxy groups -OCH3 is 1. The van der Waals surface area contributed by atoms with Gasteiger partial charge >= 0.3 is 5.97 Å². The van der Waals surface area contributed by atoms with Crippen molar-refractivity contribution in [1.29, 1.82) is 0 Å². The van der Waals surface area contributed by atoms with Crippen LogP contribution in [0, 0.1) is 0 Å². The van der Waals surface area contributed by atoms with Crippen LogP contribution in [0.2, 0.25) is 0 Å². The first kappa shape index (κ1) is 13.2. The Balaban J connectivity index is 2.46. The van der Waals surface area contributed by atoms with E-state index in [0.717, 1.165) is 10.9 Å². The number of aromatic carboxylic acids is 1. The highest BCUT2D eigenvalue weighted by Gasteiger charge is 2.20. The number of fused-ring (bicyclic) bond motifs is 1. The van der Waals surface area contributed by atoms with E-state index < -0.39 is 5.97 Å². The topological polar surface area (TPSA) is 46.5 Å². The summed E-state index contributed by atoms with van der Waals surface area (Å²) in [4.78, 5) is 11.8. The van der Waals surface area contributed by atoms with Gasteiger partial charge in [-0.2, -0.15) is 0 Å². The van der Waals surface area contributed by atoms with Gasteiger partial charge in [0.2, 0.25) is 0 Å². The van der Waals surface area contributed by atoms with Crippen LogP contribution >= 0.6 is 0 Å². The molecule has 0 aliphatic rings. The van der Waals surface area contributed by atoms with Gasteiger partial charge in [0.25, 0.3) is 0 Å². The Kier molecular flexibility index (Phi) is 3.32. The van der Waals surface area contributed by atoms with E-state index >= 15 is 0 Å². The number of rotatable bonds is 3. The van der Waals surface area contributed by atoms with Gasteiger partial charge in [0, 0.05) is 5.56 Å². The smallest absolute Gasteiger partial charge is 0.337 e. The van der Waals surface area contributed by atoms with Gasteiger partial charge in [0.1, 0.15) is 5.75 Å². The Bertz CT molecular complexity index is 807. The Hall–Kier alpha value is -2.81. The molecular weight excluding hydrogens is 264 g/mol. The maximum Gasteiger partial charge on any atom is 0.337 e. The normalized spacial score (nSPS) is 10.5. The number of carbonyl (C=O) groups is 1. The monoisotopic (exact) mass is 278 g/mol. The van der Waals surface area contributed by atoms with Crippen molar-refractivity contribution in [2.24, 2.45) is 0 Å². The van der Waals surface area contributed by atoms with Gasteiger partial charge < -0.3 is 9.84 Å². The lowest BCUT2D eigenvalue weighted by molar-refractivity contribution is 0.0699. The largest absolute Gasteiger partial charge is 0.496 e. The van der Waals surface area contributed by atoms with Crippen LogP contribution in [0.25, 0.3) is 21.9 Å². The molecule has 104 valence electrons. The van der Waals surface area contributed by atoms with E-state index in [-0.39, 0.29) is 5.56 Å². The first-order valence-corrected chi connectivity index (χ1v) is 6.61. The van der Waals surface area contributed by atoms with Crippen LogP contribution in [0.1, 0.15) is 10.4 Å². The van der Waals surface area contributed by atoms with Crippen LogP contribution in [0.5, 0.6) is 5.75 Å². The van der Waals surface area contributed by atoms with Crippen molar-refractivity contribution in [2.75, 3.05) is 7.11 Å². The number of carboxylic acid groups (broad SMARTS) is 1. The summed E-state index contributed by atoms with van der Waals surface area (Å²) in [5.74, 6) is -0.388. The van der Waals surface area contributed by atoms with Gasteiger partial charge in [-0.1, -0.05) is 54.6 Å². The van der Waals surface area contributed by atoms with E-state index in [1.54, 1.807) is 7.11 Å². The van der Waals surface area contributed by atoms with Gasteiger partial charge in [0.05, 0.1) is 12.7 Å². The lowest BCUT2D eigenvalue weighted by Crippen LogP contribution is -2.03. The summed E-state index contributed by atoms with van der Waals surface area (Å²) in [5.41, 5.74) is 1.72. The SMILES string of the molecule is COc1cc2ccccc2c(C(=O)O)c1-c1ccccc1. The van der Waals surface area contributed by atoms with E-state index in [1.807, 2.05) is 60.7 Å². The van der Waals surface area contributed by atoms with Crippen LogP contribution in [-0.4, -0.2) is 18.2 Å². The van der Waals surface area contributed by atoms with Crippen LogP contribution in [-0.2, 0) is 0 Å². The molecule has 0 aliphatic heterocycles. The molecule has 0 spiro atoms. The first-order valence-electron chi connectivity index (χ1n) is 6.61.